The fourth-order valence-corrected chi connectivity index (χ4v) is 4.37. The highest BCUT2D eigenvalue weighted by Crippen LogP contribution is 2.22. The highest BCUT2D eigenvalue weighted by molar-refractivity contribution is 7.99. The third kappa shape index (κ3) is 5.05. The Morgan fingerprint density at radius 1 is 1.46 bits per heavy atom. The molecule has 2 atom stereocenters. The Balaban J connectivity index is 1.37. The molecule has 2 aliphatic heterocycles. The van der Waals surface area contributed by atoms with Crippen LogP contribution in [-0.2, 0) is 9.59 Å². The summed E-state index contributed by atoms with van der Waals surface area (Å²) in [6.45, 7) is 3.99. The van der Waals surface area contributed by atoms with Crippen molar-refractivity contribution in [2.45, 2.75) is 19.4 Å². The van der Waals surface area contributed by atoms with Gasteiger partial charge in [0.25, 0.3) is 5.91 Å². The van der Waals surface area contributed by atoms with Crippen LogP contribution in [0.2, 0.25) is 5.02 Å². The zero-order valence-corrected chi connectivity index (χ0v) is 16.4. The summed E-state index contributed by atoms with van der Waals surface area (Å²) in [5.74, 6) is 2.75. The van der Waals surface area contributed by atoms with E-state index in [1.165, 1.54) is 0 Å². The lowest BCUT2D eigenvalue weighted by Gasteiger charge is -2.19. The number of carbonyl (C=O) groups excluding carboxylic acids is 2. The van der Waals surface area contributed by atoms with Gasteiger partial charge >= 0.3 is 0 Å². The third-order valence-corrected chi connectivity index (χ3v) is 5.87. The second-order valence-corrected chi connectivity index (χ2v) is 8.22. The molecule has 0 aromatic heterocycles. The Morgan fingerprint density at radius 2 is 2.31 bits per heavy atom. The molecule has 1 aromatic rings. The molecule has 0 bridgehead atoms. The largest absolute Gasteiger partial charge is 0.484 e. The van der Waals surface area contributed by atoms with Crippen molar-refractivity contribution in [3.63, 3.8) is 0 Å². The highest BCUT2D eigenvalue weighted by atomic mass is 35.5. The zero-order valence-electron chi connectivity index (χ0n) is 14.8. The maximum Gasteiger partial charge on any atom is 0.257 e. The number of rotatable bonds is 6. The molecule has 0 aliphatic carbocycles. The van der Waals surface area contributed by atoms with Gasteiger partial charge in [-0.05, 0) is 43.0 Å². The molecule has 2 fully saturated rings. The fraction of sp³-hybridized carbons (Fsp3) is 0.556. The van der Waals surface area contributed by atoms with E-state index in [2.05, 4.69) is 10.6 Å². The number of nitrogens with zero attached hydrogens (tertiary/aromatic N) is 1. The average molecular weight is 398 g/mol. The standard InChI is InChI=1S/C18H24ClN3O3S/c1-12-6-14(19)2-3-16(12)25-10-17(23)21-9-13-7-15(20-8-13)18(24)22-4-5-26-11-22/h2-3,6,13,15,20H,4-5,7-11H2,1H3,(H,21,23)/t13-,15-/m0/s1. The van der Waals surface area contributed by atoms with Crippen LogP contribution in [0.4, 0.5) is 0 Å². The SMILES string of the molecule is Cc1cc(Cl)ccc1OCC(=O)NC[C@@H]1CN[C@H](C(=O)N2CCSC2)C1. The summed E-state index contributed by atoms with van der Waals surface area (Å²) in [5.41, 5.74) is 0.895. The van der Waals surface area contributed by atoms with Gasteiger partial charge in [0.05, 0.1) is 11.9 Å². The van der Waals surface area contributed by atoms with Crippen molar-refractivity contribution in [2.24, 2.45) is 5.92 Å². The van der Waals surface area contributed by atoms with E-state index in [0.29, 0.717) is 17.3 Å². The van der Waals surface area contributed by atoms with Crippen LogP contribution in [0.3, 0.4) is 0 Å². The fourth-order valence-electron chi connectivity index (χ4n) is 3.19. The molecule has 2 heterocycles. The first-order valence-electron chi connectivity index (χ1n) is 8.78. The topological polar surface area (TPSA) is 70.7 Å². The van der Waals surface area contributed by atoms with Crippen LogP contribution >= 0.6 is 23.4 Å². The van der Waals surface area contributed by atoms with Gasteiger partial charge in [-0.15, -0.1) is 11.8 Å². The van der Waals surface area contributed by atoms with Gasteiger partial charge in [-0.2, -0.15) is 0 Å². The second kappa shape index (κ2) is 8.97. The van der Waals surface area contributed by atoms with Gasteiger partial charge < -0.3 is 20.3 Å². The molecule has 0 saturated carbocycles. The molecule has 3 rings (SSSR count). The number of amides is 2. The molecule has 2 N–H and O–H groups in total. The minimum absolute atomic E-state index is 0.0318. The van der Waals surface area contributed by atoms with Gasteiger partial charge in [0.15, 0.2) is 6.61 Å². The summed E-state index contributed by atoms with van der Waals surface area (Å²) < 4.78 is 5.55. The molecule has 0 radical (unpaired) electrons. The summed E-state index contributed by atoms with van der Waals surface area (Å²) in [4.78, 5) is 26.3. The first-order valence-corrected chi connectivity index (χ1v) is 10.3. The monoisotopic (exact) mass is 397 g/mol. The lowest BCUT2D eigenvalue weighted by atomic mass is 10.1. The first kappa shape index (κ1) is 19.3. The van der Waals surface area contributed by atoms with Crippen molar-refractivity contribution in [2.75, 3.05) is 37.9 Å². The van der Waals surface area contributed by atoms with Crippen LogP contribution in [0.25, 0.3) is 0 Å². The molecule has 2 aliphatic rings. The number of nitrogens with one attached hydrogen (secondary N) is 2. The van der Waals surface area contributed by atoms with Gasteiger partial charge in [0.1, 0.15) is 5.75 Å². The normalized spacial score (nSPS) is 22.5. The minimum atomic E-state index is -0.162. The van der Waals surface area contributed by atoms with Crippen LogP contribution in [0, 0.1) is 12.8 Å². The van der Waals surface area contributed by atoms with Crippen molar-refractivity contribution < 1.29 is 14.3 Å². The van der Waals surface area contributed by atoms with E-state index in [1.54, 1.807) is 30.0 Å². The van der Waals surface area contributed by atoms with Gasteiger partial charge in [-0.3, -0.25) is 9.59 Å². The summed E-state index contributed by atoms with van der Waals surface area (Å²) in [7, 11) is 0. The number of ether oxygens (including phenoxy) is 1. The van der Waals surface area contributed by atoms with Gasteiger partial charge in [-0.25, -0.2) is 0 Å². The molecule has 0 unspecified atom stereocenters. The van der Waals surface area contributed by atoms with Crippen molar-refractivity contribution in [1.82, 2.24) is 15.5 Å². The maximum absolute atomic E-state index is 12.4. The van der Waals surface area contributed by atoms with Crippen LogP contribution in [0.5, 0.6) is 5.75 Å². The summed E-state index contributed by atoms with van der Waals surface area (Å²) in [5, 5.41) is 6.82. The van der Waals surface area contributed by atoms with Crippen LogP contribution < -0.4 is 15.4 Å². The number of aryl methyl sites for hydroxylation is 1. The maximum atomic E-state index is 12.4. The Labute approximate surface area is 163 Å². The molecule has 2 amide bonds. The van der Waals surface area contributed by atoms with Crippen LogP contribution in [0.15, 0.2) is 18.2 Å². The van der Waals surface area contributed by atoms with E-state index in [0.717, 1.165) is 36.7 Å². The van der Waals surface area contributed by atoms with Gasteiger partial charge in [-0.1, -0.05) is 11.6 Å². The van der Waals surface area contributed by atoms with Crippen LogP contribution in [-0.4, -0.2) is 60.6 Å². The number of benzene rings is 1. The molecule has 8 heteroatoms. The third-order valence-electron chi connectivity index (χ3n) is 4.67. The van der Waals surface area contributed by atoms with Crippen molar-refractivity contribution >= 4 is 35.2 Å². The summed E-state index contributed by atoms with van der Waals surface area (Å²) >= 11 is 7.70. The quantitative estimate of drug-likeness (QED) is 0.763. The summed E-state index contributed by atoms with van der Waals surface area (Å²) in [6, 6.07) is 5.18. The lowest BCUT2D eigenvalue weighted by Crippen LogP contribution is -2.42. The van der Waals surface area contributed by atoms with Crippen molar-refractivity contribution in [1.29, 1.82) is 0 Å². The van der Waals surface area contributed by atoms with Gasteiger partial charge in [0.2, 0.25) is 5.91 Å². The molecule has 1 aromatic carbocycles. The zero-order chi connectivity index (χ0) is 18.5. The van der Waals surface area contributed by atoms with Gasteiger partial charge in [0, 0.05) is 30.4 Å². The van der Waals surface area contributed by atoms with E-state index in [-0.39, 0.29) is 30.4 Å². The minimum Gasteiger partial charge on any atom is -0.484 e. The second-order valence-electron chi connectivity index (χ2n) is 6.70. The highest BCUT2D eigenvalue weighted by Gasteiger charge is 2.33. The van der Waals surface area contributed by atoms with Crippen molar-refractivity contribution in [3.8, 4) is 5.75 Å². The van der Waals surface area contributed by atoms with E-state index in [4.69, 9.17) is 16.3 Å². The first-order chi connectivity index (χ1) is 12.5. The number of thioether (sulfide) groups is 1. The van der Waals surface area contributed by atoms with Crippen molar-refractivity contribution in [3.05, 3.63) is 28.8 Å². The lowest BCUT2D eigenvalue weighted by molar-refractivity contribution is -0.131. The van der Waals surface area contributed by atoms with E-state index in [1.807, 2.05) is 11.8 Å². The smallest absolute Gasteiger partial charge is 0.257 e. The predicted molar refractivity (Wildman–Crippen MR) is 104 cm³/mol. The molecule has 0 spiro atoms. The van der Waals surface area contributed by atoms with Crippen LogP contribution in [0.1, 0.15) is 12.0 Å². The summed E-state index contributed by atoms with van der Waals surface area (Å²) in [6.07, 6.45) is 0.761. The van der Waals surface area contributed by atoms with E-state index >= 15 is 0 Å². The molecule has 2 saturated heterocycles. The Kier molecular flexibility index (Phi) is 6.67. The number of hydrogen-bond donors (Lipinski definition) is 2. The number of carbonyl (C=O) groups is 2. The average Bonchev–Trinajstić information content (AvgIpc) is 3.30. The predicted octanol–water partition coefficient (Wildman–Crippen LogP) is 1.65. The van der Waals surface area contributed by atoms with E-state index in [9.17, 15) is 9.59 Å². The Hall–Kier alpha value is -1.44. The molecule has 26 heavy (non-hydrogen) atoms. The van der Waals surface area contributed by atoms with E-state index < -0.39 is 0 Å². The number of hydrogen-bond acceptors (Lipinski definition) is 5. The Bertz CT molecular complexity index is 667. The number of halogens is 1. The molecule has 142 valence electrons. The molecular formula is C18H24ClN3O3S. The molecular weight excluding hydrogens is 374 g/mol. The molecule has 6 nitrogen and oxygen atoms in total. The Morgan fingerprint density at radius 3 is 3.04 bits per heavy atom.